The Labute approximate surface area is 101 Å². The number of aryl methyl sites for hydroxylation is 1. The van der Waals surface area contributed by atoms with Crippen molar-refractivity contribution in [2.24, 2.45) is 0 Å². The van der Waals surface area contributed by atoms with Crippen LogP contribution in [-0.2, 0) is 4.74 Å². The Hall–Kier alpha value is -1.04. The fraction of sp³-hybridized carbons (Fsp3) is 0.182. The van der Waals surface area contributed by atoms with Crippen LogP contribution in [0.4, 0.5) is 0 Å². The molecule has 0 spiro atoms. The monoisotopic (exact) mass is 315 g/mol. The Balaban J connectivity index is 2.70. The number of methoxy groups -OCH3 is 1. The molecule has 2 rings (SSSR count). The number of aromatic nitrogens is 1. The van der Waals surface area contributed by atoms with Crippen molar-refractivity contribution in [3.63, 3.8) is 0 Å². The minimum absolute atomic E-state index is 0.332. The van der Waals surface area contributed by atoms with Crippen molar-refractivity contribution < 1.29 is 9.53 Å². The number of carbonyl (C=O) groups is 1. The van der Waals surface area contributed by atoms with Gasteiger partial charge in [0.05, 0.1) is 12.6 Å². The summed E-state index contributed by atoms with van der Waals surface area (Å²) in [5.74, 6) is -0.332. The number of esters is 1. The number of ether oxygens (including phenoxy) is 1. The smallest absolute Gasteiger partial charge is 0.354 e. The van der Waals surface area contributed by atoms with E-state index < -0.39 is 0 Å². The summed E-state index contributed by atoms with van der Waals surface area (Å²) >= 11 is 2.25. The van der Waals surface area contributed by atoms with Gasteiger partial charge in [0.2, 0.25) is 0 Å². The Bertz CT molecular complexity index is 492. The molecule has 0 amide bonds. The van der Waals surface area contributed by atoms with Crippen LogP contribution < -0.4 is 0 Å². The van der Waals surface area contributed by atoms with E-state index in [1.54, 1.807) is 0 Å². The van der Waals surface area contributed by atoms with Gasteiger partial charge in [0.1, 0.15) is 5.69 Å². The molecule has 0 atom stereocenters. The summed E-state index contributed by atoms with van der Waals surface area (Å²) in [6, 6.07) is 5.89. The highest BCUT2D eigenvalue weighted by Gasteiger charge is 2.11. The molecule has 0 aliphatic heterocycles. The predicted octanol–water partition coefficient (Wildman–Crippen LogP) is 2.87. The van der Waals surface area contributed by atoms with Gasteiger partial charge in [-0.1, -0.05) is 6.07 Å². The van der Waals surface area contributed by atoms with Crippen LogP contribution in [0, 0.1) is 10.5 Å². The number of halogens is 1. The fourth-order valence-electron chi connectivity index (χ4n) is 1.55. The maximum atomic E-state index is 11.3. The van der Waals surface area contributed by atoms with Gasteiger partial charge in [-0.25, -0.2) is 4.79 Å². The normalized spacial score (nSPS) is 10.6. The Morgan fingerprint density at radius 1 is 1.47 bits per heavy atom. The molecule has 1 N–H and O–H groups in total. The topological polar surface area (TPSA) is 42.1 Å². The van der Waals surface area contributed by atoms with Gasteiger partial charge in [0, 0.05) is 8.96 Å². The molecular weight excluding hydrogens is 305 g/mol. The second-order valence-electron chi connectivity index (χ2n) is 3.33. The number of H-pyrrole nitrogens is 1. The lowest BCUT2D eigenvalue weighted by molar-refractivity contribution is 0.0595. The minimum atomic E-state index is -0.332. The van der Waals surface area contributed by atoms with Crippen LogP contribution in [0.3, 0.4) is 0 Å². The number of nitrogens with one attached hydrogen (secondary N) is 1. The standard InChI is InChI=1S/C11H10INO2/c1-6-3-4-8(12)7-5-9(11(14)15-2)13-10(6)7/h3-5,13H,1-2H3. The van der Waals surface area contributed by atoms with Gasteiger partial charge in [0.25, 0.3) is 0 Å². The highest BCUT2D eigenvalue weighted by atomic mass is 127. The Morgan fingerprint density at radius 2 is 2.20 bits per heavy atom. The van der Waals surface area contributed by atoms with Crippen molar-refractivity contribution in [2.45, 2.75) is 6.92 Å². The van der Waals surface area contributed by atoms with Crippen LogP contribution in [0.25, 0.3) is 10.9 Å². The van der Waals surface area contributed by atoms with E-state index in [9.17, 15) is 4.79 Å². The lowest BCUT2D eigenvalue weighted by Gasteiger charge is -1.97. The highest BCUT2D eigenvalue weighted by molar-refractivity contribution is 14.1. The van der Waals surface area contributed by atoms with E-state index in [4.69, 9.17) is 0 Å². The van der Waals surface area contributed by atoms with Gasteiger partial charge < -0.3 is 9.72 Å². The fourth-order valence-corrected chi connectivity index (χ4v) is 2.15. The van der Waals surface area contributed by atoms with Crippen LogP contribution in [0.2, 0.25) is 0 Å². The third-order valence-corrected chi connectivity index (χ3v) is 3.29. The molecule has 2 aromatic rings. The molecule has 0 saturated carbocycles. The first-order valence-electron chi connectivity index (χ1n) is 4.49. The Kier molecular flexibility index (Phi) is 2.68. The van der Waals surface area contributed by atoms with Gasteiger partial charge in [-0.05, 0) is 47.2 Å². The zero-order chi connectivity index (χ0) is 11.0. The number of benzene rings is 1. The molecule has 0 aliphatic carbocycles. The molecule has 0 saturated heterocycles. The first kappa shape index (κ1) is 10.5. The number of aromatic amines is 1. The first-order valence-corrected chi connectivity index (χ1v) is 5.57. The van der Waals surface area contributed by atoms with Crippen molar-refractivity contribution in [1.29, 1.82) is 0 Å². The second kappa shape index (κ2) is 3.84. The summed E-state index contributed by atoms with van der Waals surface area (Å²) in [7, 11) is 1.38. The maximum absolute atomic E-state index is 11.3. The van der Waals surface area contributed by atoms with Crippen LogP contribution in [0.5, 0.6) is 0 Å². The van der Waals surface area contributed by atoms with Crippen molar-refractivity contribution in [1.82, 2.24) is 4.98 Å². The van der Waals surface area contributed by atoms with E-state index in [1.165, 1.54) is 7.11 Å². The maximum Gasteiger partial charge on any atom is 0.354 e. The molecule has 0 bridgehead atoms. The zero-order valence-electron chi connectivity index (χ0n) is 8.43. The van der Waals surface area contributed by atoms with Gasteiger partial charge in [0.15, 0.2) is 0 Å². The van der Waals surface area contributed by atoms with Gasteiger partial charge in [-0.2, -0.15) is 0 Å². The van der Waals surface area contributed by atoms with E-state index in [-0.39, 0.29) is 5.97 Å². The molecule has 0 fully saturated rings. The quantitative estimate of drug-likeness (QED) is 0.649. The predicted molar refractivity (Wildman–Crippen MR) is 67.1 cm³/mol. The summed E-state index contributed by atoms with van der Waals surface area (Å²) in [6.07, 6.45) is 0. The molecule has 4 heteroatoms. The molecule has 1 aromatic heterocycles. The van der Waals surface area contributed by atoms with Crippen molar-refractivity contribution >= 4 is 39.5 Å². The molecule has 0 unspecified atom stereocenters. The van der Waals surface area contributed by atoms with Gasteiger partial charge in [-0.3, -0.25) is 0 Å². The number of fused-ring (bicyclic) bond motifs is 1. The van der Waals surface area contributed by atoms with Gasteiger partial charge >= 0.3 is 5.97 Å². The number of hydrogen-bond donors (Lipinski definition) is 1. The van der Waals surface area contributed by atoms with E-state index in [0.717, 1.165) is 20.0 Å². The van der Waals surface area contributed by atoms with Gasteiger partial charge in [-0.15, -0.1) is 0 Å². The molecule has 15 heavy (non-hydrogen) atoms. The third kappa shape index (κ3) is 1.73. The largest absolute Gasteiger partial charge is 0.464 e. The number of hydrogen-bond acceptors (Lipinski definition) is 2. The lowest BCUT2D eigenvalue weighted by atomic mass is 10.2. The summed E-state index contributed by atoms with van der Waals surface area (Å²) in [4.78, 5) is 14.4. The molecule has 78 valence electrons. The first-order chi connectivity index (χ1) is 7.13. The number of carbonyl (C=O) groups excluding carboxylic acids is 1. The summed E-state index contributed by atoms with van der Waals surface area (Å²) in [5, 5.41) is 1.07. The summed E-state index contributed by atoms with van der Waals surface area (Å²) in [6.45, 7) is 2.01. The van der Waals surface area contributed by atoms with Crippen molar-refractivity contribution in [3.05, 3.63) is 33.0 Å². The average Bonchev–Trinajstić information content (AvgIpc) is 2.68. The minimum Gasteiger partial charge on any atom is -0.464 e. The summed E-state index contributed by atoms with van der Waals surface area (Å²) in [5.41, 5.74) is 2.63. The van der Waals surface area contributed by atoms with E-state index >= 15 is 0 Å². The molecule has 1 aromatic carbocycles. The van der Waals surface area contributed by atoms with E-state index in [2.05, 4.69) is 32.3 Å². The zero-order valence-corrected chi connectivity index (χ0v) is 10.6. The van der Waals surface area contributed by atoms with Crippen LogP contribution in [0.15, 0.2) is 18.2 Å². The lowest BCUT2D eigenvalue weighted by Crippen LogP contribution is -2.00. The molecule has 1 heterocycles. The number of rotatable bonds is 1. The Morgan fingerprint density at radius 3 is 2.80 bits per heavy atom. The average molecular weight is 315 g/mol. The van der Waals surface area contributed by atoms with Crippen LogP contribution >= 0.6 is 22.6 Å². The van der Waals surface area contributed by atoms with Crippen molar-refractivity contribution in [3.8, 4) is 0 Å². The van der Waals surface area contributed by atoms with Crippen LogP contribution in [-0.4, -0.2) is 18.1 Å². The SMILES string of the molecule is COC(=O)c1cc2c(I)ccc(C)c2[nH]1. The molecular formula is C11H10INO2. The van der Waals surface area contributed by atoms with Crippen LogP contribution in [0.1, 0.15) is 16.1 Å². The summed E-state index contributed by atoms with van der Waals surface area (Å²) < 4.78 is 5.80. The molecule has 0 aliphatic rings. The van der Waals surface area contributed by atoms with Crippen molar-refractivity contribution in [2.75, 3.05) is 7.11 Å². The molecule has 0 radical (unpaired) electrons. The van der Waals surface area contributed by atoms with E-state index in [0.29, 0.717) is 5.69 Å². The van der Waals surface area contributed by atoms with E-state index in [1.807, 2.05) is 25.1 Å². The third-order valence-electron chi connectivity index (χ3n) is 2.35. The molecule has 3 nitrogen and oxygen atoms in total. The highest BCUT2D eigenvalue weighted by Crippen LogP contribution is 2.24. The second-order valence-corrected chi connectivity index (χ2v) is 4.49.